The Labute approximate surface area is 127 Å². The first-order chi connectivity index (χ1) is 9.88. The van der Waals surface area contributed by atoms with Crippen LogP contribution in [-0.2, 0) is 22.7 Å². The van der Waals surface area contributed by atoms with Gasteiger partial charge >= 0.3 is 0 Å². The Bertz CT molecular complexity index is 588. The predicted molar refractivity (Wildman–Crippen MR) is 84.0 cm³/mol. The maximum absolute atomic E-state index is 11.3. The minimum atomic E-state index is -2.94. The summed E-state index contributed by atoms with van der Waals surface area (Å²) >= 11 is 0. The van der Waals surface area contributed by atoms with E-state index in [0.29, 0.717) is 12.8 Å². The highest BCUT2D eigenvalue weighted by atomic mass is 32.2. The highest BCUT2D eigenvalue weighted by Crippen LogP contribution is 2.49. The lowest BCUT2D eigenvalue weighted by Crippen LogP contribution is -2.40. The van der Waals surface area contributed by atoms with E-state index in [1.807, 2.05) is 0 Å². The lowest BCUT2D eigenvalue weighted by atomic mass is 9.79. The van der Waals surface area contributed by atoms with Gasteiger partial charge in [-0.3, -0.25) is 0 Å². The Balaban J connectivity index is 1.78. The second-order valence-electron chi connectivity index (χ2n) is 6.87. The quantitative estimate of drug-likeness (QED) is 0.929. The van der Waals surface area contributed by atoms with E-state index in [1.165, 1.54) is 17.4 Å². The highest BCUT2D eigenvalue weighted by Gasteiger charge is 2.49. The Kier molecular flexibility index (Phi) is 3.87. The van der Waals surface area contributed by atoms with Crippen LogP contribution in [0.15, 0.2) is 24.3 Å². The number of aliphatic hydroxyl groups is 1. The van der Waals surface area contributed by atoms with Crippen LogP contribution in [-0.4, -0.2) is 31.1 Å². The Morgan fingerprint density at radius 1 is 1.14 bits per heavy atom. The van der Waals surface area contributed by atoms with Crippen LogP contribution in [0.4, 0.5) is 0 Å². The SMILES string of the molecule is CS(=O)(=O)CCCC1(O)C2CCC1Cc1ccccc1C2. The minimum Gasteiger partial charge on any atom is -0.389 e. The van der Waals surface area contributed by atoms with E-state index in [-0.39, 0.29) is 17.6 Å². The fourth-order valence-electron chi connectivity index (χ4n) is 4.31. The molecule has 2 atom stereocenters. The van der Waals surface area contributed by atoms with Crippen molar-refractivity contribution in [2.45, 2.75) is 44.1 Å². The molecule has 0 amide bonds. The molecule has 0 saturated heterocycles. The average molecular weight is 308 g/mol. The second-order valence-corrected chi connectivity index (χ2v) is 9.13. The molecule has 1 aromatic carbocycles. The number of hydrogen-bond acceptors (Lipinski definition) is 3. The Morgan fingerprint density at radius 2 is 1.67 bits per heavy atom. The van der Waals surface area contributed by atoms with Gasteiger partial charge in [0.1, 0.15) is 9.84 Å². The van der Waals surface area contributed by atoms with Gasteiger partial charge in [0.15, 0.2) is 0 Å². The molecule has 21 heavy (non-hydrogen) atoms. The Hall–Kier alpha value is -0.870. The van der Waals surface area contributed by atoms with Crippen LogP contribution in [0.25, 0.3) is 0 Å². The van der Waals surface area contributed by atoms with Crippen LogP contribution < -0.4 is 0 Å². The third kappa shape index (κ3) is 3.02. The van der Waals surface area contributed by atoms with Crippen molar-refractivity contribution in [3.8, 4) is 0 Å². The molecule has 4 heteroatoms. The van der Waals surface area contributed by atoms with E-state index in [9.17, 15) is 13.5 Å². The van der Waals surface area contributed by atoms with Crippen LogP contribution in [0.5, 0.6) is 0 Å². The third-order valence-electron chi connectivity index (χ3n) is 5.42. The lowest BCUT2D eigenvalue weighted by Gasteiger charge is -2.34. The van der Waals surface area contributed by atoms with Crippen molar-refractivity contribution in [2.24, 2.45) is 11.8 Å². The zero-order valence-electron chi connectivity index (χ0n) is 12.6. The van der Waals surface area contributed by atoms with Gasteiger partial charge in [-0.05, 0) is 61.5 Å². The molecule has 1 aromatic rings. The largest absolute Gasteiger partial charge is 0.389 e. The maximum atomic E-state index is 11.3. The van der Waals surface area contributed by atoms with Gasteiger partial charge in [0, 0.05) is 12.0 Å². The van der Waals surface area contributed by atoms with Gasteiger partial charge in [0.05, 0.1) is 5.60 Å². The predicted octanol–water partition coefficient (Wildman–Crippen LogP) is 2.37. The molecule has 2 bridgehead atoms. The summed E-state index contributed by atoms with van der Waals surface area (Å²) in [6, 6.07) is 8.49. The van der Waals surface area contributed by atoms with E-state index < -0.39 is 15.4 Å². The lowest BCUT2D eigenvalue weighted by molar-refractivity contribution is -0.0411. The number of fused-ring (bicyclic) bond motifs is 3. The molecule has 0 radical (unpaired) electrons. The molecule has 1 N–H and O–H groups in total. The molecule has 3 nitrogen and oxygen atoms in total. The number of hydrogen-bond donors (Lipinski definition) is 1. The van der Waals surface area contributed by atoms with Gasteiger partial charge in [0.2, 0.25) is 0 Å². The molecule has 3 rings (SSSR count). The van der Waals surface area contributed by atoms with Crippen LogP contribution in [0, 0.1) is 11.8 Å². The second kappa shape index (κ2) is 5.40. The fraction of sp³-hybridized carbons (Fsp3) is 0.647. The molecule has 0 aromatic heterocycles. The number of sulfone groups is 1. The van der Waals surface area contributed by atoms with Crippen molar-refractivity contribution in [2.75, 3.05) is 12.0 Å². The average Bonchev–Trinajstić information content (AvgIpc) is 2.60. The van der Waals surface area contributed by atoms with Crippen molar-refractivity contribution in [3.63, 3.8) is 0 Å². The fourth-order valence-corrected chi connectivity index (χ4v) is 4.97. The summed E-state index contributed by atoms with van der Waals surface area (Å²) in [6.45, 7) is 0. The van der Waals surface area contributed by atoms with E-state index in [2.05, 4.69) is 24.3 Å². The van der Waals surface area contributed by atoms with E-state index >= 15 is 0 Å². The summed E-state index contributed by atoms with van der Waals surface area (Å²) < 4.78 is 22.6. The highest BCUT2D eigenvalue weighted by molar-refractivity contribution is 7.90. The van der Waals surface area contributed by atoms with E-state index in [1.54, 1.807) is 0 Å². The topological polar surface area (TPSA) is 54.4 Å². The molecule has 1 saturated carbocycles. The summed E-state index contributed by atoms with van der Waals surface area (Å²) in [7, 11) is -2.94. The molecule has 0 aliphatic heterocycles. The van der Waals surface area contributed by atoms with Crippen molar-refractivity contribution in [3.05, 3.63) is 35.4 Å². The molecule has 2 aliphatic rings. The Morgan fingerprint density at radius 3 is 2.14 bits per heavy atom. The summed E-state index contributed by atoms with van der Waals surface area (Å²) in [5.41, 5.74) is 2.06. The first-order valence-electron chi connectivity index (χ1n) is 7.85. The van der Waals surface area contributed by atoms with Crippen LogP contribution in [0.3, 0.4) is 0 Å². The smallest absolute Gasteiger partial charge is 0.147 e. The number of rotatable bonds is 4. The summed E-state index contributed by atoms with van der Waals surface area (Å²) in [5.74, 6) is 0.748. The van der Waals surface area contributed by atoms with Gasteiger partial charge in [0.25, 0.3) is 0 Å². The molecule has 116 valence electrons. The number of benzene rings is 1. The van der Waals surface area contributed by atoms with E-state index in [0.717, 1.165) is 25.7 Å². The van der Waals surface area contributed by atoms with Crippen LogP contribution >= 0.6 is 0 Å². The van der Waals surface area contributed by atoms with Crippen LogP contribution in [0.1, 0.15) is 36.8 Å². The zero-order chi connectivity index (χ0) is 15.1. The molecule has 0 heterocycles. The van der Waals surface area contributed by atoms with Gasteiger partial charge in [-0.15, -0.1) is 0 Å². The minimum absolute atomic E-state index is 0.182. The molecular weight excluding hydrogens is 284 g/mol. The molecule has 1 fully saturated rings. The summed E-state index contributed by atoms with van der Waals surface area (Å²) in [6.07, 6.45) is 6.45. The van der Waals surface area contributed by atoms with E-state index in [4.69, 9.17) is 0 Å². The van der Waals surface area contributed by atoms with Crippen LogP contribution in [0.2, 0.25) is 0 Å². The third-order valence-corrected chi connectivity index (χ3v) is 6.45. The van der Waals surface area contributed by atoms with Gasteiger partial charge in [-0.25, -0.2) is 8.42 Å². The zero-order valence-corrected chi connectivity index (χ0v) is 13.4. The summed E-state index contributed by atoms with van der Waals surface area (Å²) in [4.78, 5) is 0. The first-order valence-corrected chi connectivity index (χ1v) is 9.91. The molecule has 2 aliphatic carbocycles. The van der Waals surface area contributed by atoms with Gasteiger partial charge in [-0.2, -0.15) is 0 Å². The van der Waals surface area contributed by atoms with Crippen molar-refractivity contribution in [1.29, 1.82) is 0 Å². The standard InChI is InChI=1S/C17H24O3S/c1-21(19,20)10-4-9-17(18)15-7-8-16(17)12-14-6-3-2-5-13(14)11-15/h2-3,5-6,15-16,18H,4,7-12H2,1H3. The monoisotopic (exact) mass is 308 g/mol. The van der Waals surface area contributed by atoms with Crippen molar-refractivity contribution < 1.29 is 13.5 Å². The molecule has 0 spiro atoms. The van der Waals surface area contributed by atoms with Gasteiger partial charge in [-0.1, -0.05) is 24.3 Å². The molecule has 2 unspecified atom stereocenters. The van der Waals surface area contributed by atoms with Gasteiger partial charge < -0.3 is 5.11 Å². The van der Waals surface area contributed by atoms with Crippen molar-refractivity contribution in [1.82, 2.24) is 0 Å². The normalized spacial score (nSPS) is 31.7. The first kappa shape index (κ1) is 15.0. The molecular formula is C17H24O3S. The van der Waals surface area contributed by atoms with Crippen molar-refractivity contribution >= 4 is 9.84 Å². The summed E-state index contributed by atoms with van der Waals surface area (Å²) in [5, 5.41) is 11.2. The maximum Gasteiger partial charge on any atom is 0.147 e.